The van der Waals surface area contributed by atoms with Crippen molar-refractivity contribution >= 4 is 11.6 Å². The highest BCUT2D eigenvalue weighted by atomic mass is 16.5. The molecule has 110 valence electrons. The lowest BCUT2D eigenvalue weighted by Gasteiger charge is -2.30. The second-order valence-corrected chi connectivity index (χ2v) is 5.15. The summed E-state index contributed by atoms with van der Waals surface area (Å²) in [6.07, 6.45) is 0.533. The van der Waals surface area contributed by atoms with E-state index >= 15 is 0 Å². The number of anilines is 1. The molecule has 1 aliphatic heterocycles. The smallest absolute Gasteiger partial charge is 0.251 e. The summed E-state index contributed by atoms with van der Waals surface area (Å²) < 4.78 is 5.94. The van der Waals surface area contributed by atoms with Gasteiger partial charge in [0.2, 0.25) is 0 Å². The molecule has 0 aliphatic carbocycles. The predicted octanol–water partition coefficient (Wildman–Crippen LogP) is 2.30. The van der Waals surface area contributed by atoms with Gasteiger partial charge in [-0.2, -0.15) is 0 Å². The van der Waals surface area contributed by atoms with Crippen LogP contribution in [0.1, 0.15) is 26.3 Å². The Balaban J connectivity index is 1.93. The zero-order valence-corrected chi connectivity index (χ0v) is 12.6. The van der Waals surface area contributed by atoms with Crippen molar-refractivity contribution in [3.8, 4) is 0 Å². The van der Waals surface area contributed by atoms with Gasteiger partial charge in [-0.05, 0) is 32.4 Å². The zero-order valence-electron chi connectivity index (χ0n) is 12.6. The van der Waals surface area contributed by atoms with Gasteiger partial charge in [-0.25, -0.2) is 0 Å². The summed E-state index contributed by atoms with van der Waals surface area (Å²) in [5.41, 5.74) is 2.43. The van der Waals surface area contributed by atoms with Crippen molar-refractivity contribution in [2.75, 3.05) is 25.0 Å². The molecular formula is C16H24N2O2. The molecule has 4 nitrogen and oxygen atoms in total. The highest BCUT2D eigenvalue weighted by Gasteiger charge is 2.25. The Morgan fingerprint density at radius 3 is 2.80 bits per heavy atom. The lowest BCUT2D eigenvalue weighted by Crippen LogP contribution is -2.42. The van der Waals surface area contributed by atoms with Crippen LogP contribution in [0.3, 0.4) is 0 Å². The van der Waals surface area contributed by atoms with Crippen LogP contribution in [0.25, 0.3) is 0 Å². The SMILES string of the molecule is CCN(CC)C(=O)C(C)OC1CNc2ccccc2C1. The molecule has 2 unspecified atom stereocenters. The summed E-state index contributed by atoms with van der Waals surface area (Å²) in [6, 6.07) is 8.25. The Labute approximate surface area is 121 Å². The maximum atomic E-state index is 12.2. The Kier molecular flexibility index (Phi) is 5.01. The summed E-state index contributed by atoms with van der Waals surface area (Å²) in [4.78, 5) is 14.0. The number of hydrogen-bond acceptors (Lipinski definition) is 3. The van der Waals surface area contributed by atoms with Gasteiger partial charge in [-0.1, -0.05) is 18.2 Å². The fraction of sp³-hybridized carbons (Fsp3) is 0.562. The van der Waals surface area contributed by atoms with Crippen molar-refractivity contribution < 1.29 is 9.53 Å². The molecule has 1 heterocycles. The first-order valence-electron chi connectivity index (χ1n) is 7.41. The van der Waals surface area contributed by atoms with Crippen LogP contribution in [-0.2, 0) is 16.0 Å². The van der Waals surface area contributed by atoms with E-state index in [-0.39, 0.29) is 18.1 Å². The number of carbonyl (C=O) groups is 1. The van der Waals surface area contributed by atoms with E-state index in [1.54, 1.807) is 0 Å². The van der Waals surface area contributed by atoms with Gasteiger partial charge < -0.3 is 15.0 Å². The summed E-state index contributed by atoms with van der Waals surface area (Å²) in [6.45, 7) is 8.05. The molecule has 0 bridgehead atoms. The third kappa shape index (κ3) is 3.31. The van der Waals surface area contributed by atoms with Crippen LogP contribution >= 0.6 is 0 Å². The van der Waals surface area contributed by atoms with E-state index in [9.17, 15) is 4.79 Å². The second kappa shape index (κ2) is 6.75. The molecule has 4 heteroatoms. The third-order valence-electron chi connectivity index (χ3n) is 3.80. The number of fused-ring (bicyclic) bond motifs is 1. The monoisotopic (exact) mass is 276 g/mol. The number of nitrogens with one attached hydrogen (secondary N) is 1. The van der Waals surface area contributed by atoms with Crippen molar-refractivity contribution in [1.82, 2.24) is 4.90 Å². The number of ether oxygens (including phenoxy) is 1. The first-order valence-corrected chi connectivity index (χ1v) is 7.41. The molecule has 20 heavy (non-hydrogen) atoms. The minimum absolute atomic E-state index is 0.0550. The normalized spacial score (nSPS) is 18.9. The molecule has 0 saturated carbocycles. The van der Waals surface area contributed by atoms with Gasteiger partial charge in [-0.3, -0.25) is 4.79 Å². The van der Waals surface area contributed by atoms with Crippen LogP contribution in [-0.4, -0.2) is 42.6 Å². The van der Waals surface area contributed by atoms with Gasteiger partial charge in [0.15, 0.2) is 0 Å². The van der Waals surface area contributed by atoms with Crippen LogP contribution in [0, 0.1) is 0 Å². The first-order chi connectivity index (χ1) is 9.65. The Hall–Kier alpha value is -1.55. The third-order valence-corrected chi connectivity index (χ3v) is 3.80. The van der Waals surface area contributed by atoms with Crippen molar-refractivity contribution in [2.24, 2.45) is 0 Å². The second-order valence-electron chi connectivity index (χ2n) is 5.15. The average molecular weight is 276 g/mol. The number of carbonyl (C=O) groups excluding carboxylic acids is 1. The molecule has 1 amide bonds. The van der Waals surface area contributed by atoms with E-state index in [1.807, 2.05) is 37.8 Å². The molecule has 0 aromatic heterocycles. The van der Waals surface area contributed by atoms with Crippen molar-refractivity contribution in [3.63, 3.8) is 0 Å². The Morgan fingerprint density at radius 2 is 2.10 bits per heavy atom. The predicted molar refractivity (Wildman–Crippen MR) is 80.9 cm³/mol. The first kappa shape index (κ1) is 14.9. The summed E-state index contributed by atoms with van der Waals surface area (Å²) in [5.74, 6) is 0.0776. The number of para-hydroxylation sites is 1. The molecule has 1 aromatic rings. The molecule has 0 fully saturated rings. The van der Waals surface area contributed by atoms with E-state index in [2.05, 4.69) is 17.4 Å². The topological polar surface area (TPSA) is 41.6 Å². The fourth-order valence-corrected chi connectivity index (χ4v) is 2.65. The summed E-state index contributed by atoms with van der Waals surface area (Å²) in [5, 5.41) is 3.36. The van der Waals surface area contributed by atoms with Gasteiger partial charge in [0.25, 0.3) is 5.91 Å². The zero-order chi connectivity index (χ0) is 14.5. The number of nitrogens with zero attached hydrogens (tertiary/aromatic N) is 1. The van der Waals surface area contributed by atoms with Gasteiger partial charge in [0.05, 0.1) is 6.10 Å². The molecule has 2 rings (SSSR count). The van der Waals surface area contributed by atoms with Crippen molar-refractivity contribution in [3.05, 3.63) is 29.8 Å². The number of hydrogen-bond donors (Lipinski definition) is 1. The lowest BCUT2D eigenvalue weighted by molar-refractivity contribution is -0.145. The molecule has 1 N–H and O–H groups in total. The van der Waals surface area contributed by atoms with E-state index in [1.165, 1.54) is 11.3 Å². The van der Waals surface area contributed by atoms with Crippen LogP contribution in [0.15, 0.2) is 24.3 Å². The average Bonchev–Trinajstić information content (AvgIpc) is 2.48. The lowest BCUT2D eigenvalue weighted by atomic mass is 10.0. The number of amides is 1. The molecule has 2 atom stereocenters. The number of rotatable bonds is 5. The van der Waals surface area contributed by atoms with E-state index in [0.717, 1.165) is 26.1 Å². The quantitative estimate of drug-likeness (QED) is 0.897. The highest BCUT2D eigenvalue weighted by Crippen LogP contribution is 2.23. The molecule has 0 spiro atoms. The molecule has 1 aliphatic rings. The largest absolute Gasteiger partial charge is 0.382 e. The maximum absolute atomic E-state index is 12.2. The van der Waals surface area contributed by atoms with Gasteiger partial charge in [0, 0.05) is 31.7 Å². The summed E-state index contributed by atoms with van der Waals surface area (Å²) in [7, 11) is 0. The van der Waals surface area contributed by atoms with Gasteiger partial charge in [0.1, 0.15) is 6.10 Å². The fourth-order valence-electron chi connectivity index (χ4n) is 2.65. The minimum atomic E-state index is -0.382. The molecular weight excluding hydrogens is 252 g/mol. The van der Waals surface area contributed by atoms with Crippen molar-refractivity contribution in [1.29, 1.82) is 0 Å². The van der Waals surface area contributed by atoms with E-state index in [4.69, 9.17) is 4.74 Å². The van der Waals surface area contributed by atoms with Crippen LogP contribution in [0.5, 0.6) is 0 Å². The van der Waals surface area contributed by atoms with E-state index < -0.39 is 0 Å². The van der Waals surface area contributed by atoms with Crippen LogP contribution in [0.4, 0.5) is 5.69 Å². The van der Waals surface area contributed by atoms with Gasteiger partial charge >= 0.3 is 0 Å². The Morgan fingerprint density at radius 1 is 1.40 bits per heavy atom. The number of likely N-dealkylation sites (N-methyl/N-ethyl adjacent to an activating group) is 1. The standard InChI is InChI=1S/C16H24N2O2/c1-4-18(5-2)16(19)12(3)20-14-10-13-8-6-7-9-15(13)17-11-14/h6-9,12,14,17H,4-5,10-11H2,1-3H3. The summed E-state index contributed by atoms with van der Waals surface area (Å²) >= 11 is 0. The molecule has 0 saturated heterocycles. The van der Waals surface area contributed by atoms with E-state index in [0.29, 0.717) is 0 Å². The van der Waals surface area contributed by atoms with Crippen LogP contribution in [0.2, 0.25) is 0 Å². The maximum Gasteiger partial charge on any atom is 0.251 e. The Bertz CT molecular complexity index is 458. The highest BCUT2D eigenvalue weighted by molar-refractivity contribution is 5.80. The number of benzene rings is 1. The van der Waals surface area contributed by atoms with Gasteiger partial charge in [-0.15, -0.1) is 0 Å². The van der Waals surface area contributed by atoms with Crippen molar-refractivity contribution in [2.45, 2.75) is 39.4 Å². The molecule has 0 radical (unpaired) electrons. The van der Waals surface area contributed by atoms with Crippen LogP contribution < -0.4 is 5.32 Å². The molecule has 1 aromatic carbocycles. The minimum Gasteiger partial charge on any atom is -0.382 e.